The number of aromatic nitrogens is 3. The Balaban J connectivity index is 1.59. The van der Waals surface area contributed by atoms with Crippen molar-refractivity contribution >= 4 is 16.7 Å². The van der Waals surface area contributed by atoms with Crippen molar-refractivity contribution in [1.82, 2.24) is 20.1 Å². The number of amides is 1. The van der Waals surface area contributed by atoms with Gasteiger partial charge in [-0.2, -0.15) is 5.10 Å². The number of benzene rings is 1. The van der Waals surface area contributed by atoms with Crippen LogP contribution in [0.3, 0.4) is 0 Å². The van der Waals surface area contributed by atoms with E-state index in [9.17, 15) is 14.7 Å². The molecule has 0 saturated carbocycles. The number of fused-ring (bicyclic) bond motifs is 1. The number of H-pyrrole nitrogens is 1. The Labute approximate surface area is 155 Å². The zero-order valence-electron chi connectivity index (χ0n) is 15.0. The van der Waals surface area contributed by atoms with Gasteiger partial charge in [0.15, 0.2) is 5.69 Å². The second-order valence-corrected chi connectivity index (χ2v) is 6.94. The smallest absolute Gasteiger partial charge is 0.274 e. The van der Waals surface area contributed by atoms with E-state index in [1.165, 1.54) is 0 Å². The summed E-state index contributed by atoms with van der Waals surface area (Å²) in [6, 6.07) is 10.7. The van der Waals surface area contributed by atoms with Crippen LogP contribution in [-0.2, 0) is 5.60 Å². The van der Waals surface area contributed by atoms with Gasteiger partial charge in [-0.1, -0.05) is 24.3 Å². The molecule has 1 fully saturated rings. The number of hydrogen-bond acceptors (Lipinski definition) is 5. The monoisotopic (exact) mass is 364 g/mol. The van der Waals surface area contributed by atoms with Crippen molar-refractivity contribution in [2.45, 2.75) is 25.4 Å². The number of piperidine rings is 1. The minimum absolute atomic E-state index is 0.227. The molecule has 1 aromatic carbocycles. The Bertz CT molecular complexity index is 1070. The van der Waals surface area contributed by atoms with Crippen LogP contribution in [0.5, 0.6) is 0 Å². The molecule has 3 aromatic rings. The Morgan fingerprint density at radius 1 is 1.15 bits per heavy atom. The standard InChI is InChI=1S/C20H20N4O3/c1-13-5-4-10-21-17(13)20(27)8-11-24(12-9-20)19(26)16-14-6-2-3-7-15(14)18(25)23-22-16/h2-7,10,27H,8-9,11-12H2,1H3,(H,23,25). The van der Waals surface area contributed by atoms with E-state index in [4.69, 9.17) is 0 Å². The average Bonchev–Trinajstić information content (AvgIpc) is 2.69. The summed E-state index contributed by atoms with van der Waals surface area (Å²) in [6.07, 6.45) is 2.48. The quantitative estimate of drug-likeness (QED) is 0.722. The van der Waals surface area contributed by atoms with Gasteiger partial charge >= 0.3 is 0 Å². The van der Waals surface area contributed by atoms with Crippen LogP contribution in [0.2, 0.25) is 0 Å². The van der Waals surface area contributed by atoms with Crippen LogP contribution in [0.4, 0.5) is 0 Å². The van der Waals surface area contributed by atoms with Crippen molar-refractivity contribution in [3.8, 4) is 0 Å². The third-order valence-corrected chi connectivity index (χ3v) is 5.23. The summed E-state index contributed by atoms with van der Waals surface area (Å²) in [5, 5.41) is 18.4. The number of rotatable bonds is 2. The normalized spacial score (nSPS) is 16.4. The van der Waals surface area contributed by atoms with E-state index in [1.807, 2.05) is 19.1 Å². The lowest BCUT2D eigenvalue weighted by Gasteiger charge is -2.38. The van der Waals surface area contributed by atoms with Crippen LogP contribution in [0.15, 0.2) is 47.4 Å². The first-order valence-corrected chi connectivity index (χ1v) is 8.91. The predicted octanol–water partition coefficient (Wildman–Crippen LogP) is 1.75. The fourth-order valence-corrected chi connectivity index (χ4v) is 3.72. The van der Waals surface area contributed by atoms with Gasteiger partial charge in [0.1, 0.15) is 5.60 Å². The summed E-state index contributed by atoms with van der Waals surface area (Å²) < 4.78 is 0. The first-order valence-electron chi connectivity index (χ1n) is 8.91. The Hall–Kier alpha value is -3.06. The molecule has 3 heterocycles. The predicted molar refractivity (Wildman–Crippen MR) is 100 cm³/mol. The van der Waals surface area contributed by atoms with Crippen LogP contribution in [-0.4, -0.2) is 44.2 Å². The van der Waals surface area contributed by atoms with Gasteiger partial charge in [0.2, 0.25) is 0 Å². The maximum absolute atomic E-state index is 13.0. The third-order valence-electron chi connectivity index (χ3n) is 5.23. The summed E-state index contributed by atoms with van der Waals surface area (Å²) >= 11 is 0. The van der Waals surface area contributed by atoms with Crippen LogP contribution in [0.25, 0.3) is 10.8 Å². The van der Waals surface area contributed by atoms with Gasteiger partial charge in [-0.25, -0.2) is 5.10 Å². The zero-order chi connectivity index (χ0) is 19.0. The third kappa shape index (κ3) is 3.00. The molecule has 7 heteroatoms. The van der Waals surface area contributed by atoms with Crippen LogP contribution in [0, 0.1) is 6.92 Å². The van der Waals surface area contributed by atoms with Gasteiger partial charge in [0, 0.05) is 24.7 Å². The molecule has 0 spiro atoms. The molecule has 1 saturated heterocycles. The number of carbonyl (C=O) groups excluding carboxylic acids is 1. The molecule has 7 nitrogen and oxygen atoms in total. The van der Waals surface area contributed by atoms with E-state index in [1.54, 1.807) is 35.4 Å². The highest BCUT2D eigenvalue weighted by atomic mass is 16.3. The molecule has 0 unspecified atom stereocenters. The minimum atomic E-state index is -1.04. The van der Waals surface area contributed by atoms with Crippen molar-refractivity contribution in [2.24, 2.45) is 0 Å². The average molecular weight is 364 g/mol. The van der Waals surface area contributed by atoms with E-state index in [-0.39, 0.29) is 17.2 Å². The fourth-order valence-electron chi connectivity index (χ4n) is 3.72. The van der Waals surface area contributed by atoms with Gasteiger partial charge < -0.3 is 10.0 Å². The van der Waals surface area contributed by atoms with E-state index in [2.05, 4.69) is 15.2 Å². The lowest BCUT2D eigenvalue weighted by Crippen LogP contribution is -2.46. The summed E-state index contributed by atoms with van der Waals surface area (Å²) in [5.41, 5.74) is 0.478. The van der Waals surface area contributed by atoms with Crippen molar-refractivity contribution in [3.05, 3.63) is 69.9 Å². The molecule has 2 aromatic heterocycles. The SMILES string of the molecule is Cc1cccnc1C1(O)CCN(C(=O)c2n[nH]c(=O)c3ccccc23)CC1. The molecule has 138 valence electrons. The Morgan fingerprint density at radius 3 is 2.56 bits per heavy atom. The number of likely N-dealkylation sites (tertiary alicyclic amines) is 1. The van der Waals surface area contributed by atoms with Crippen molar-refractivity contribution in [2.75, 3.05) is 13.1 Å². The van der Waals surface area contributed by atoms with Gasteiger partial charge in [0.25, 0.3) is 11.5 Å². The number of carbonyl (C=O) groups is 1. The van der Waals surface area contributed by atoms with Gasteiger partial charge in [-0.15, -0.1) is 0 Å². The van der Waals surface area contributed by atoms with E-state index >= 15 is 0 Å². The van der Waals surface area contributed by atoms with E-state index in [0.29, 0.717) is 42.4 Å². The number of aryl methyl sites for hydroxylation is 1. The summed E-state index contributed by atoms with van der Waals surface area (Å²) in [5.74, 6) is -0.248. The van der Waals surface area contributed by atoms with Gasteiger partial charge in [-0.05, 0) is 37.5 Å². The summed E-state index contributed by atoms with van der Waals surface area (Å²) in [4.78, 5) is 30.9. The lowest BCUT2D eigenvalue weighted by atomic mass is 9.85. The number of hydrogen-bond donors (Lipinski definition) is 2. The van der Waals surface area contributed by atoms with Crippen LogP contribution >= 0.6 is 0 Å². The molecule has 0 atom stereocenters. The first kappa shape index (κ1) is 17.4. The fraction of sp³-hybridized carbons (Fsp3) is 0.300. The Morgan fingerprint density at radius 2 is 1.85 bits per heavy atom. The summed E-state index contributed by atoms with van der Waals surface area (Å²) in [7, 11) is 0. The van der Waals surface area contributed by atoms with Crippen LogP contribution < -0.4 is 5.56 Å². The largest absolute Gasteiger partial charge is 0.383 e. The summed E-state index contributed by atoms with van der Waals surface area (Å²) in [6.45, 7) is 2.70. The second-order valence-electron chi connectivity index (χ2n) is 6.94. The highest BCUT2D eigenvalue weighted by Crippen LogP contribution is 2.33. The number of aromatic amines is 1. The van der Waals surface area contributed by atoms with Crippen LogP contribution in [0.1, 0.15) is 34.6 Å². The zero-order valence-corrected chi connectivity index (χ0v) is 15.0. The van der Waals surface area contributed by atoms with Gasteiger partial charge in [0.05, 0.1) is 11.1 Å². The molecular weight excluding hydrogens is 344 g/mol. The molecule has 2 N–H and O–H groups in total. The number of nitrogens with one attached hydrogen (secondary N) is 1. The molecular formula is C20H20N4O3. The van der Waals surface area contributed by atoms with Crippen molar-refractivity contribution in [1.29, 1.82) is 0 Å². The molecule has 1 aliphatic rings. The van der Waals surface area contributed by atoms with Gasteiger partial charge in [-0.3, -0.25) is 14.6 Å². The molecule has 0 radical (unpaired) electrons. The molecule has 1 aliphatic heterocycles. The number of pyridine rings is 1. The molecule has 4 rings (SSSR count). The molecule has 27 heavy (non-hydrogen) atoms. The molecule has 0 aliphatic carbocycles. The first-order chi connectivity index (χ1) is 13.0. The Kier molecular flexibility index (Phi) is 4.24. The number of nitrogens with zero attached hydrogens (tertiary/aromatic N) is 3. The van der Waals surface area contributed by atoms with E-state index < -0.39 is 5.60 Å². The van der Waals surface area contributed by atoms with E-state index in [0.717, 1.165) is 5.56 Å². The molecule has 0 bridgehead atoms. The lowest BCUT2D eigenvalue weighted by molar-refractivity contribution is -0.0249. The van der Waals surface area contributed by atoms with Crippen molar-refractivity contribution < 1.29 is 9.90 Å². The highest BCUT2D eigenvalue weighted by Gasteiger charge is 2.38. The maximum Gasteiger partial charge on any atom is 0.274 e. The second kappa shape index (κ2) is 6.59. The topological polar surface area (TPSA) is 99.2 Å². The highest BCUT2D eigenvalue weighted by molar-refractivity contribution is 6.04. The molecule has 1 amide bonds. The minimum Gasteiger partial charge on any atom is -0.383 e. The number of aliphatic hydroxyl groups is 1. The van der Waals surface area contributed by atoms with Crippen molar-refractivity contribution in [3.63, 3.8) is 0 Å². The maximum atomic E-state index is 13.0.